The zero-order valence-corrected chi connectivity index (χ0v) is 37.6. The van der Waals surface area contributed by atoms with E-state index < -0.39 is 19.9 Å². The van der Waals surface area contributed by atoms with Gasteiger partial charge in [0.25, 0.3) is 7.82 Å². The van der Waals surface area contributed by atoms with E-state index in [-0.39, 0.29) is 26.2 Å². The maximum Gasteiger partial charge on any atom is 0.306 e. The first-order valence-electron chi connectivity index (χ1n) is 22.0. The Labute approximate surface area is 349 Å². The average Bonchev–Trinajstić information content (AvgIpc) is 3.16. The van der Waals surface area contributed by atoms with Crippen molar-refractivity contribution in [3.05, 3.63) is 97.2 Å². The van der Waals surface area contributed by atoms with Gasteiger partial charge in [-0.25, -0.2) is 0 Å². The van der Waals surface area contributed by atoms with Crippen molar-refractivity contribution in [2.45, 2.75) is 148 Å². The van der Waals surface area contributed by atoms with Crippen LogP contribution in [-0.4, -0.2) is 70.7 Å². The van der Waals surface area contributed by atoms with Gasteiger partial charge in [0.15, 0.2) is 0 Å². The Bertz CT molecular complexity index is 1230. The molecule has 0 saturated carbocycles. The van der Waals surface area contributed by atoms with Gasteiger partial charge in [0.2, 0.25) is 0 Å². The second-order valence-corrected chi connectivity index (χ2v) is 16.7. The quantitative estimate of drug-likeness (QED) is 0.0200. The molecule has 2 unspecified atom stereocenters. The maximum atomic E-state index is 12.6. The Morgan fingerprint density at radius 1 is 0.544 bits per heavy atom. The van der Waals surface area contributed by atoms with Crippen molar-refractivity contribution >= 4 is 13.8 Å². The highest BCUT2D eigenvalue weighted by Crippen LogP contribution is 2.38. The number of quaternary nitrogens is 1. The zero-order valence-electron chi connectivity index (χ0n) is 36.7. The summed E-state index contributed by atoms with van der Waals surface area (Å²) in [6.07, 6.45) is 54.5. The molecule has 0 aromatic rings. The smallest absolute Gasteiger partial charge is 0.306 e. The molecule has 326 valence electrons. The Balaban J connectivity index is 4.28. The average molecular weight is 816 g/mol. The molecule has 0 aliphatic carbocycles. The van der Waals surface area contributed by atoms with Crippen molar-refractivity contribution in [3.63, 3.8) is 0 Å². The number of hydrogen-bond donors (Lipinski definition) is 0. The van der Waals surface area contributed by atoms with Crippen molar-refractivity contribution in [1.82, 2.24) is 0 Å². The fourth-order valence-electron chi connectivity index (χ4n) is 5.31. The number of carbonyl (C=O) groups excluding carboxylic acids is 1. The molecule has 0 heterocycles. The minimum absolute atomic E-state index is 0.00673. The van der Waals surface area contributed by atoms with Crippen molar-refractivity contribution in [2.75, 3.05) is 54.1 Å². The van der Waals surface area contributed by atoms with Gasteiger partial charge in [-0.2, -0.15) is 0 Å². The normalized spacial score (nSPS) is 14.7. The van der Waals surface area contributed by atoms with Crippen LogP contribution < -0.4 is 4.89 Å². The van der Waals surface area contributed by atoms with E-state index in [1.54, 1.807) is 0 Å². The largest absolute Gasteiger partial charge is 0.756 e. The summed E-state index contributed by atoms with van der Waals surface area (Å²) in [7, 11) is 1.29. The van der Waals surface area contributed by atoms with E-state index in [4.69, 9.17) is 18.5 Å². The van der Waals surface area contributed by atoms with Gasteiger partial charge in [0.05, 0.1) is 34.4 Å². The first kappa shape index (κ1) is 54.4. The summed E-state index contributed by atoms with van der Waals surface area (Å²) < 4.78 is 34.5. The van der Waals surface area contributed by atoms with Crippen molar-refractivity contribution in [1.29, 1.82) is 0 Å². The number of phosphoric ester groups is 1. The van der Waals surface area contributed by atoms with E-state index in [9.17, 15) is 14.3 Å². The highest BCUT2D eigenvalue weighted by Gasteiger charge is 2.20. The van der Waals surface area contributed by atoms with E-state index in [0.717, 1.165) is 77.0 Å². The van der Waals surface area contributed by atoms with Gasteiger partial charge in [-0.1, -0.05) is 156 Å². The Morgan fingerprint density at radius 2 is 0.965 bits per heavy atom. The lowest BCUT2D eigenvalue weighted by Gasteiger charge is -2.28. The van der Waals surface area contributed by atoms with Gasteiger partial charge in [-0.3, -0.25) is 9.36 Å². The second kappa shape index (κ2) is 40.2. The molecule has 0 aliphatic heterocycles. The number of hydrogen-bond acceptors (Lipinski definition) is 7. The number of rotatable bonds is 39. The molecule has 0 aromatic heterocycles. The van der Waals surface area contributed by atoms with Gasteiger partial charge >= 0.3 is 5.97 Å². The molecule has 0 bridgehead atoms. The highest BCUT2D eigenvalue weighted by molar-refractivity contribution is 7.45. The molecular weight excluding hydrogens is 734 g/mol. The van der Waals surface area contributed by atoms with E-state index in [0.29, 0.717) is 24.1 Å². The second-order valence-electron chi connectivity index (χ2n) is 15.3. The lowest BCUT2D eigenvalue weighted by molar-refractivity contribution is -0.870. The van der Waals surface area contributed by atoms with Crippen LogP contribution in [0.4, 0.5) is 0 Å². The molecule has 0 N–H and O–H groups in total. The van der Waals surface area contributed by atoms with Crippen molar-refractivity contribution in [3.8, 4) is 0 Å². The molecule has 0 fully saturated rings. The SMILES string of the molecule is CC/C=C\C/C=C\C/C=C\C/C=C\CCCCCCCCCCCOCC(COP(=O)([O-])OCC[N+](C)(C)C)OC(=O)CC/C=C\C/C=C\C/C=C\C/C=C\CC. The zero-order chi connectivity index (χ0) is 42.0. The predicted octanol–water partition coefficient (Wildman–Crippen LogP) is 12.4. The van der Waals surface area contributed by atoms with E-state index in [1.165, 1.54) is 38.5 Å². The monoisotopic (exact) mass is 816 g/mol. The molecule has 9 heteroatoms. The number of likely N-dealkylation sites (N-methyl/N-ethyl adjacent to an activating group) is 1. The van der Waals surface area contributed by atoms with Crippen LogP contribution in [0.15, 0.2) is 97.2 Å². The van der Waals surface area contributed by atoms with E-state index >= 15 is 0 Å². The molecule has 0 saturated heterocycles. The van der Waals surface area contributed by atoms with Gasteiger partial charge in [-0.15, -0.1) is 0 Å². The number of unbranched alkanes of at least 4 members (excludes halogenated alkanes) is 9. The molecule has 0 aromatic carbocycles. The minimum atomic E-state index is -4.55. The van der Waals surface area contributed by atoms with Crippen LogP contribution in [0.25, 0.3) is 0 Å². The van der Waals surface area contributed by atoms with Crippen LogP contribution in [0.1, 0.15) is 142 Å². The molecule has 0 radical (unpaired) electrons. The Hall–Kier alpha value is -2.58. The van der Waals surface area contributed by atoms with Crippen molar-refractivity contribution < 1.29 is 37.3 Å². The van der Waals surface area contributed by atoms with Crippen LogP contribution in [0.3, 0.4) is 0 Å². The summed E-state index contributed by atoms with van der Waals surface area (Å²) in [5.74, 6) is -0.420. The van der Waals surface area contributed by atoms with Gasteiger partial charge < -0.3 is 27.9 Å². The topological polar surface area (TPSA) is 94.1 Å². The van der Waals surface area contributed by atoms with Gasteiger partial charge in [0, 0.05) is 13.0 Å². The fourth-order valence-corrected chi connectivity index (χ4v) is 6.04. The van der Waals surface area contributed by atoms with Crippen LogP contribution in [-0.2, 0) is 27.9 Å². The number of esters is 1. The summed E-state index contributed by atoms with van der Waals surface area (Å²) >= 11 is 0. The number of ether oxygens (including phenoxy) is 2. The number of carbonyl (C=O) groups is 1. The molecule has 8 nitrogen and oxygen atoms in total. The third-order valence-electron chi connectivity index (χ3n) is 8.64. The first-order valence-corrected chi connectivity index (χ1v) is 23.4. The molecule has 57 heavy (non-hydrogen) atoms. The standard InChI is InChI=1S/C48H82NO7P/c1-6-8-10-12-14-16-18-20-21-22-23-24-25-26-27-28-30-32-34-36-38-40-43-53-45-47(46-55-57(51,52)54-44-42-49(3,4)5)56-48(50)41-39-37-35-33-31-29-19-17-15-13-11-9-7-2/h8-11,14-17,20-21,23-24,29,31,35,37,47H,6-7,12-13,18-19,22,25-28,30,32-34,36,38-46H2,1-5H3/b10-8-,11-9-,16-14-,17-15-,21-20-,24-23-,31-29-,37-35-. The summed E-state index contributed by atoms with van der Waals surface area (Å²) in [6, 6.07) is 0. The summed E-state index contributed by atoms with van der Waals surface area (Å²) in [4.78, 5) is 25.0. The van der Waals surface area contributed by atoms with Crippen LogP contribution in [0.5, 0.6) is 0 Å². The summed E-state index contributed by atoms with van der Waals surface area (Å²) in [5, 5.41) is 0. The molecule has 0 aliphatic rings. The Kier molecular flexibility index (Phi) is 38.4. The first-order chi connectivity index (χ1) is 27.6. The third-order valence-corrected chi connectivity index (χ3v) is 9.61. The lowest BCUT2D eigenvalue weighted by atomic mass is 10.1. The van der Waals surface area contributed by atoms with Crippen LogP contribution >= 0.6 is 7.82 Å². The molecular formula is C48H82NO7P. The number of phosphoric acid groups is 1. The fraction of sp³-hybridized carbons (Fsp3) is 0.646. The van der Waals surface area contributed by atoms with E-state index in [1.807, 2.05) is 33.3 Å². The molecule has 0 rings (SSSR count). The molecule has 0 amide bonds. The number of allylic oxidation sites excluding steroid dienone is 16. The van der Waals surface area contributed by atoms with Crippen LogP contribution in [0, 0.1) is 0 Å². The van der Waals surface area contributed by atoms with Gasteiger partial charge in [0.1, 0.15) is 19.3 Å². The highest BCUT2D eigenvalue weighted by atomic mass is 31.2. The van der Waals surface area contributed by atoms with E-state index in [2.05, 4.69) is 98.9 Å². The maximum absolute atomic E-state index is 12.6. The van der Waals surface area contributed by atoms with Crippen molar-refractivity contribution in [2.24, 2.45) is 0 Å². The number of nitrogens with zero attached hydrogens (tertiary/aromatic N) is 1. The third kappa shape index (κ3) is 44.4. The van der Waals surface area contributed by atoms with Gasteiger partial charge in [-0.05, 0) is 77.0 Å². The Morgan fingerprint density at radius 3 is 1.44 bits per heavy atom. The molecule has 0 spiro atoms. The predicted molar refractivity (Wildman–Crippen MR) is 240 cm³/mol. The lowest BCUT2D eigenvalue weighted by Crippen LogP contribution is -2.37. The molecule has 2 atom stereocenters. The summed E-state index contributed by atoms with van der Waals surface area (Å²) in [6.45, 7) is 5.03. The summed E-state index contributed by atoms with van der Waals surface area (Å²) in [5.41, 5.74) is 0. The van der Waals surface area contributed by atoms with Crippen LogP contribution in [0.2, 0.25) is 0 Å². The minimum Gasteiger partial charge on any atom is -0.756 e.